The fourth-order valence-electron chi connectivity index (χ4n) is 2.96. The summed E-state index contributed by atoms with van der Waals surface area (Å²) in [5.74, 6) is 1.22. The average molecular weight is 400 g/mol. The maximum atomic E-state index is 12.9. The Labute approximate surface area is 168 Å². The van der Waals surface area contributed by atoms with Crippen LogP contribution in [-0.2, 0) is 6.54 Å². The molecule has 9 nitrogen and oxygen atoms in total. The number of carbonyl (C=O) groups excluding carboxylic acids is 2. The number of hydrogen-bond acceptors (Lipinski definition) is 6. The van der Waals surface area contributed by atoms with Crippen LogP contribution in [0.1, 0.15) is 42.1 Å². The third kappa shape index (κ3) is 4.61. The minimum absolute atomic E-state index is 0.120. The maximum absolute atomic E-state index is 12.9. The summed E-state index contributed by atoms with van der Waals surface area (Å²) < 4.78 is 16.0. The number of nitrogens with zero attached hydrogens (tertiary/aromatic N) is 2. The summed E-state index contributed by atoms with van der Waals surface area (Å²) in [6, 6.07) is 5.27. The number of rotatable bonds is 8. The molecule has 0 atom stereocenters. The summed E-state index contributed by atoms with van der Waals surface area (Å²) >= 11 is 0. The SMILES string of the molecule is COc1ccc(NC(=O)N(Cc2nc(C(=O)NC3CC3)co2)C2CC2)c(OC)c1. The number of anilines is 1. The topological polar surface area (TPSA) is 106 Å². The summed E-state index contributed by atoms with van der Waals surface area (Å²) in [5.41, 5.74) is 0.778. The molecule has 1 aromatic carbocycles. The van der Waals surface area contributed by atoms with E-state index in [-0.39, 0.29) is 36.3 Å². The van der Waals surface area contributed by atoms with E-state index < -0.39 is 0 Å². The van der Waals surface area contributed by atoms with Gasteiger partial charge in [0.2, 0.25) is 5.89 Å². The third-order valence-corrected chi connectivity index (χ3v) is 4.90. The molecule has 2 aliphatic carbocycles. The first-order valence-electron chi connectivity index (χ1n) is 9.62. The molecule has 0 radical (unpaired) electrons. The molecule has 2 aliphatic rings. The number of hydrogen-bond donors (Lipinski definition) is 2. The lowest BCUT2D eigenvalue weighted by atomic mass is 10.2. The fraction of sp³-hybridized carbons (Fsp3) is 0.450. The number of aromatic nitrogens is 1. The van der Waals surface area contributed by atoms with Crippen LogP contribution in [0.5, 0.6) is 11.5 Å². The molecule has 9 heteroatoms. The molecule has 2 saturated carbocycles. The van der Waals surface area contributed by atoms with Gasteiger partial charge in [-0.15, -0.1) is 0 Å². The Balaban J connectivity index is 1.43. The molecule has 1 aromatic heterocycles. The second-order valence-corrected chi connectivity index (χ2v) is 7.23. The van der Waals surface area contributed by atoms with Crippen LogP contribution in [0.4, 0.5) is 10.5 Å². The molecule has 3 amide bonds. The van der Waals surface area contributed by atoms with Crippen molar-refractivity contribution in [1.82, 2.24) is 15.2 Å². The second kappa shape index (κ2) is 8.02. The monoisotopic (exact) mass is 400 g/mol. The number of amides is 3. The smallest absolute Gasteiger partial charge is 0.322 e. The number of benzene rings is 1. The molecular formula is C20H24N4O5. The van der Waals surface area contributed by atoms with Gasteiger partial charge < -0.3 is 29.4 Å². The molecule has 2 aromatic rings. The van der Waals surface area contributed by atoms with Gasteiger partial charge in [0.1, 0.15) is 17.8 Å². The summed E-state index contributed by atoms with van der Waals surface area (Å²) in [6.45, 7) is 0.186. The highest BCUT2D eigenvalue weighted by Crippen LogP contribution is 2.32. The predicted molar refractivity (Wildman–Crippen MR) is 104 cm³/mol. The van der Waals surface area contributed by atoms with Crippen molar-refractivity contribution in [3.05, 3.63) is 36.0 Å². The quantitative estimate of drug-likeness (QED) is 0.706. The van der Waals surface area contributed by atoms with E-state index in [4.69, 9.17) is 13.9 Å². The molecule has 0 saturated heterocycles. The summed E-state index contributed by atoms with van der Waals surface area (Å²) in [7, 11) is 3.10. The van der Waals surface area contributed by atoms with Gasteiger partial charge >= 0.3 is 6.03 Å². The zero-order chi connectivity index (χ0) is 20.4. The minimum atomic E-state index is -0.279. The van der Waals surface area contributed by atoms with E-state index in [0.717, 1.165) is 25.7 Å². The van der Waals surface area contributed by atoms with E-state index in [0.29, 0.717) is 23.1 Å². The molecule has 0 unspecified atom stereocenters. The Morgan fingerprint density at radius 1 is 1.21 bits per heavy atom. The standard InChI is InChI=1S/C20H24N4O5/c1-27-14-7-8-15(17(9-14)28-2)23-20(26)24(13-5-6-13)10-18-22-16(11-29-18)19(25)21-12-3-4-12/h7-9,11-13H,3-6,10H2,1-2H3,(H,21,25)(H,23,26). The number of methoxy groups -OCH3 is 2. The molecule has 0 spiro atoms. The van der Waals surface area contributed by atoms with Gasteiger partial charge in [0.05, 0.1) is 26.5 Å². The predicted octanol–water partition coefficient (Wildman–Crippen LogP) is 2.78. The van der Waals surface area contributed by atoms with Gasteiger partial charge in [0.15, 0.2) is 5.69 Å². The van der Waals surface area contributed by atoms with Crippen LogP contribution >= 0.6 is 0 Å². The van der Waals surface area contributed by atoms with Crippen LogP contribution in [0, 0.1) is 0 Å². The zero-order valence-corrected chi connectivity index (χ0v) is 16.4. The first-order valence-corrected chi connectivity index (χ1v) is 9.62. The van der Waals surface area contributed by atoms with Crippen LogP contribution in [0.2, 0.25) is 0 Å². The summed E-state index contributed by atoms with van der Waals surface area (Å²) in [6.07, 6.45) is 5.18. The molecular weight excluding hydrogens is 376 g/mol. The number of ether oxygens (including phenoxy) is 2. The van der Waals surface area contributed by atoms with Crippen molar-refractivity contribution in [3.63, 3.8) is 0 Å². The first-order chi connectivity index (χ1) is 14.1. The Morgan fingerprint density at radius 2 is 2.00 bits per heavy atom. The Morgan fingerprint density at radius 3 is 2.66 bits per heavy atom. The van der Waals surface area contributed by atoms with Crippen molar-refractivity contribution in [3.8, 4) is 11.5 Å². The molecule has 2 fully saturated rings. The first kappa shape index (κ1) is 19.1. The van der Waals surface area contributed by atoms with E-state index in [2.05, 4.69) is 15.6 Å². The van der Waals surface area contributed by atoms with Crippen LogP contribution in [0.3, 0.4) is 0 Å². The Kier molecular flexibility index (Phi) is 5.28. The van der Waals surface area contributed by atoms with E-state index in [9.17, 15) is 9.59 Å². The van der Waals surface area contributed by atoms with Crippen molar-refractivity contribution >= 4 is 17.6 Å². The number of urea groups is 1. The van der Waals surface area contributed by atoms with Gasteiger partial charge in [0, 0.05) is 18.2 Å². The highest BCUT2D eigenvalue weighted by atomic mass is 16.5. The van der Waals surface area contributed by atoms with Gasteiger partial charge in [-0.25, -0.2) is 9.78 Å². The molecule has 0 bridgehead atoms. The van der Waals surface area contributed by atoms with Crippen molar-refractivity contribution in [2.24, 2.45) is 0 Å². The minimum Gasteiger partial charge on any atom is -0.497 e. The molecule has 29 heavy (non-hydrogen) atoms. The maximum Gasteiger partial charge on any atom is 0.322 e. The lowest BCUT2D eigenvalue weighted by molar-refractivity contribution is 0.0946. The average Bonchev–Trinajstić information content (AvgIpc) is 3.66. The summed E-state index contributed by atoms with van der Waals surface area (Å²) in [5, 5.41) is 5.75. The van der Waals surface area contributed by atoms with Gasteiger partial charge in [-0.1, -0.05) is 0 Å². The largest absolute Gasteiger partial charge is 0.497 e. The number of oxazole rings is 1. The Hall–Kier alpha value is -3.23. The van der Waals surface area contributed by atoms with Crippen molar-refractivity contribution < 1.29 is 23.5 Å². The molecule has 0 aliphatic heterocycles. The van der Waals surface area contributed by atoms with Gasteiger partial charge in [-0.3, -0.25) is 4.79 Å². The van der Waals surface area contributed by atoms with Crippen LogP contribution < -0.4 is 20.1 Å². The van der Waals surface area contributed by atoms with E-state index >= 15 is 0 Å². The van der Waals surface area contributed by atoms with Crippen molar-refractivity contribution in [2.45, 2.75) is 44.3 Å². The lowest BCUT2D eigenvalue weighted by Crippen LogP contribution is -2.36. The van der Waals surface area contributed by atoms with Crippen LogP contribution in [0.25, 0.3) is 0 Å². The van der Waals surface area contributed by atoms with E-state index in [1.807, 2.05) is 0 Å². The Bertz CT molecular complexity index is 904. The number of nitrogens with one attached hydrogen (secondary N) is 2. The van der Waals surface area contributed by atoms with Gasteiger partial charge in [0.25, 0.3) is 5.91 Å². The van der Waals surface area contributed by atoms with E-state index in [1.165, 1.54) is 13.4 Å². The van der Waals surface area contributed by atoms with Gasteiger partial charge in [-0.2, -0.15) is 0 Å². The van der Waals surface area contributed by atoms with Crippen LogP contribution in [0.15, 0.2) is 28.9 Å². The van der Waals surface area contributed by atoms with Crippen LogP contribution in [-0.4, -0.2) is 48.1 Å². The van der Waals surface area contributed by atoms with Crippen molar-refractivity contribution in [2.75, 3.05) is 19.5 Å². The molecule has 4 rings (SSSR count). The molecule has 2 N–H and O–H groups in total. The highest BCUT2D eigenvalue weighted by molar-refractivity contribution is 5.92. The normalized spacial score (nSPS) is 15.5. The molecule has 154 valence electrons. The van der Waals surface area contributed by atoms with Crippen molar-refractivity contribution in [1.29, 1.82) is 0 Å². The summed E-state index contributed by atoms with van der Waals surface area (Å²) in [4.78, 5) is 30.9. The lowest BCUT2D eigenvalue weighted by Gasteiger charge is -2.22. The third-order valence-electron chi connectivity index (χ3n) is 4.90. The van der Waals surface area contributed by atoms with E-state index in [1.54, 1.807) is 30.2 Å². The molecule has 1 heterocycles. The zero-order valence-electron chi connectivity index (χ0n) is 16.4. The fourth-order valence-corrected chi connectivity index (χ4v) is 2.96. The highest BCUT2D eigenvalue weighted by Gasteiger charge is 2.34. The number of carbonyl (C=O) groups is 2. The second-order valence-electron chi connectivity index (χ2n) is 7.23. The van der Waals surface area contributed by atoms with Gasteiger partial charge in [-0.05, 0) is 37.8 Å².